The van der Waals surface area contributed by atoms with E-state index in [2.05, 4.69) is 15.5 Å². The maximum absolute atomic E-state index is 12.5. The molecule has 1 aromatic heterocycles. The Morgan fingerprint density at radius 3 is 2.45 bits per heavy atom. The van der Waals surface area contributed by atoms with E-state index in [0.717, 1.165) is 5.56 Å². The van der Waals surface area contributed by atoms with E-state index in [1.54, 1.807) is 6.92 Å². The van der Waals surface area contributed by atoms with Gasteiger partial charge in [0.15, 0.2) is 11.9 Å². The standard InChI is InChI=1S/C16H21N3O3/c1-10(2)13(16-17-11(3)19-22-16)18-15(20)14(21-4)12-8-6-5-7-9-12/h5-10,13-14H,1-4H3,(H,18,20)/t13-,14-/m0/s1. The summed E-state index contributed by atoms with van der Waals surface area (Å²) in [6.45, 7) is 5.71. The highest BCUT2D eigenvalue weighted by atomic mass is 16.5. The Balaban J connectivity index is 2.17. The minimum absolute atomic E-state index is 0.108. The highest BCUT2D eigenvalue weighted by molar-refractivity contribution is 5.82. The summed E-state index contributed by atoms with van der Waals surface area (Å²) in [5.74, 6) is 0.824. The zero-order valence-electron chi connectivity index (χ0n) is 13.2. The summed E-state index contributed by atoms with van der Waals surface area (Å²) in [5, 5.41) is 6.72. The SMILES string of the molecule is CO[C@H](C(=O)N[C@H](c1nc(C)no1)C(C)C)c1ccccc1. The Kier molecular flexibility index (Phi) is 5.27. The van der Waals surface area contributed by atoms with Gasteiger partial charge in [0, 0.05) is 7.11 Å². The molecule has 0 saturated heterocycles. The van der Waals surface area contributed by atoms with E-state index in [-0.39, 0.29) is 17.9 Å². The van der Waals surface area contributed by atoms with Crippen LogP contribution in [0.5, 0.6) is 0 Å². The molecule has 6 heteroatoms. The van der Waals surface area contributed by atoms with Crippen LogP contribution in [0.3, 0.4) is 0 Å². The van der Waals surface area contributed by atoms with Gasteiger partial charge in [0.05, 0.1) is 0 Å². The number of amides is 1. The number of carbonyl (C=O) groups excluding carboxylic acids is 1. The van der Waals surface area contributed by atoms with Crippen molar-refractivity contribution in [2.75, 3.05) is 7.11 Å². The van der Waals surface area contributed by atoms with E-state index in [0.29, 0.717) is 11.7 Å². The summed E-state index contributed by atoms with van der Waals surface area (Å²) in [4.78, 5) is 16.8. The van der Waals surface area contributed by atoms with Crippen molar-refractivity contribution in [2.24, 2.45) is 5.92 Å². The molecule has 1 heterocycles. The number of ether oxygens (including phenoxy) is 1. The van der Waals surface area contributed by atoms with E-state index in [4.69, 9.17) is 9.26 Å². The first-order valence-corrected chi connectivity index (χ1v) is 7.21. The lowest BCUT2D eigenvalue weighted by atomic mass is 10.0. The third-order valence-electron chi connectivity index (χ3n) is 3.35. The topological polar surface area (TPSA) is 77.2 Å². The average molecular weight is 303 g/mol. The molecule has 2 atom stereocenters. The van der Waals surface area contributed by atoms with Crippen molar-refractivity contribution in [1.82, 2.24) is 15.5 Å². The maximum Gasteiger partial charge on any atom is 0.254 e. The molecule has 6 nitrogen and oxygen atoms in total. The van der Waals surface area contributed by atoms with Crippen LogP contribution in [0.4, 0.5) is 0 Å². The Hall–Kier alpha value is -2.21. The second kappa shape index (κ2) is 7.17. The summed E-state index contributed by atoms with van der Waals surface area (Å²) in [6.07, 6.45) is -0.675. The Labute approximate surface area is 129 Å². The van der Waals surface area contributed by atoms with E-state index in [9.17, 15) is 4.79 Å². The van der Waals surface area contributed by atoms with Gasteiger partial charge in [-0.2, -0.15) is 4.98 Å². The van der Waals surface area contributed by atoms with Crippen molar-refractivity contribution in [3.05, 3.63) is 47.6 Å². The fourth-order valence-corrected chi connectivity index (χ4v) is 2.20. The molecule has 2 aromatic rings. The van der Waals surface area contributed by atoms with Crippen molar-refractivity contribution in [3.63, 3.8) is 0 Å². The molecule has 0 aliphatic rings. The molecule has 2 rings (SSSR count). The van der Waals surface area contributed by atoms with E-state index in [1.165, 1.54) is 7.11 Å². The molecule has 118 valence electrons. The quantitative estimate of drug-likeness (QED) is 0.887. The van der Waals surface area contributed by atoms with Crippen LogP contribution in [0.25, 0.3) is 0 Å². The van der Waals surface area contributed by atoms with E-state index < -0.39 is 6.10 Å². The number of nitrogens with zero attached hydrogens (tertiary/aromatic N) is 2. The van der Waals surface area contributed by atoms with Crippen LogP contribution in [-0.2, 0) is 9.53 Å². The van der Waals surface area contributed by atoms with Gasteiger partial charge in [-0.1, -0.05) is 49.3 Å². The third kappa shape index (κ3) is 3.71. The summed E-state index contributed by atoms with van der Waals surface area (Å²) >= 11 is 0. The molecule has 1 aromatic carbocycles. The first-order chi connectivity index (χ1) is 10.5. The lowest BCUT2D eigenvalue weighted by Crippen LogP contribution is -2.36. The van der Waals surface area contributed by atoms with E-state index in [1.807, 2.05) is 44.2 Å². The van der Waals surface area contributed by atoms with Crippen LogP contribution in [0, 0.1) is 12.8 Å². The molecule has 0 saturated carbocycles. The van der Waals surface area contributed by atoms with E-state index >= 15 is 0 Å². The molecule has 0 bridgehead atoms. The van der Waals surface area contributed by atoms with Gasteiger partial charge in [0.1, 0.15) is 6.04 Å². The summed E-state index contributed by atoms with van der Waals surface area (Å²) in [7, 11) is 1.51. The molecule has 0 spiro atoms. The second-order valence-corrected chi connectivity index (χ2v) is 5.44. The molecule has 0 unspecified atom stereocenters. The number of benzene rings is 1. The number of aromatic nitrogens is 2. The normalized spacial score (nSPS) is 13.9. The fraction of sp³-hybridized carbons (Fsp3) is 0.438. The Morgan fingerprint density at radius 1 is 1.27 bits per heavy atom. The van der Waals surface area contributed by atoms with Crippen molar-refractivity contribution in [1.29, 1.82) is 0 Å². The van der Waals surface area contributed by atoms with Crippen LogP contribution >= 0.6 is 0 Å². The summed E-state index contributed by atoms with van der Waals surface area (Å²) < 4.78 is 10.5. The lowest BCUT2D eigenvalue weighted by molar-refractivity contribution is -0.132. The minimum Gasteiger partial charge on any atom is -0.367 e. The highest BCUT2D eigenvalue weighted by Crippen LogP contribution is 2.23. The first kappa shape index (κ1) is 16.2. The number of methoxy groups -OCH3 is 1. The van der Waals surface area contributed by atoms with Gasteiger partial charge in [-0.25, -0.2) is 0 Å². The van der Waals surface area contributed by atoms with Gasteiger partial charge >= 0.3 is 0 Å². The smallest absolute Gasteiger partial charge is 0.254 e. The Morgan fingerprint density at radius 2 is 1.95 bits per heavy atom. The minimum atomic E-state index is -0.675. The maximum atomic E-state index is 12.5. The monoisotopic (exact) mass is 303 g/mol. The third-order valence-corrected chi connectivity index (χ3v) is 3.35. The number of nitrogens with one attached hydrogen (secondary N) is 1. The fourth-order valence-electron chi connectivity index (χ4n) is 2.20. The van der Waals surface area contributed by atoms with Crippen LogP contribution in [0.2, 0.25) is 0 Å². The van der Waals surface area contributed by atoms with Crippen molar-refractivity contribution < 1.29 is 14.1 Å². The number of rotatable bonds is 6. The van der Waals surface area contributed by atoms with Crippen LogP contribution in [-0.4, -0.2) is 23.2 Å². The summed E-state index contributed by atoms with van der Waals surface area (Å²) in [6, 6.07) is 9.00. The zero-order valence-corrected chi connectivity index (χ0v) is 13.2. The van der Waals surface area contributed by atoms with Gasteiger partial charge < -0.3 is 14.6 Å². The van der Waals surface area contributed by atoms with Crippen LogP contribution in [0.1, 0.15) is 43.3 Å². The van der Waals surface area contributed by atoms with Crippen LogP contribution < -0.4 is 5.32 Å². The lowest BCUT2D eigenvalue weighted by Gasteiger charge is -2.22. The molecule has 22 heavy (non-hydrogen) atoms. The van der Waals surface area contributed by atoms with Gasteiger partial charge in [0.2, 0.25) is 5.89 Å². The second-order valence-electron chi connectivity index (χ2n) is 5.44. The summed E-state index contributed by atoms with van der Waals surface area (Å²) in [5.41, 5.74) is 0.798. The van der Waals surface area contributed by atoms with Crippen molar-refractivity contribution in [3.8, 4) is 0 Å². The average Bonchev–Trinajstić information content (AvgIpc) is 2.92. The molecular weight excluding hydrogens is 282 g/mol. The molecule has 0 aliphatic heterocycles. The van der Waals surface area contributed by atoms with Crippen molar-refractivity contribution in [2.45, 2.75) is 32.9 Å². The van der Waals surface area contributed by atoms with Gasteiger partial charge in [-0.05, 0) is 18.4 Å². The predicted molar refractivity (Wildman–Crippen MR) is 80.9 cm³/mol. The number of aryl methyl sites for hydroxylation is 1. The highest BCUT2D eigenvalue weighted by Gasteiger charge is 2.28. The molecule has 1 N–H and O–H groups in total. The van der Waals surface area contributed by atoms with Crippen LogP contribution in [0.15, 0.2) is 34.9 Å². The molecule has 0 aliphatic carbocycles. The number of carbonyl (C=O) groups is 1. The van der Waals surface area contributed by atoms with Crippen molar-refractivity contribution >= 4 is 5.91 Å². The predicted octanol–water partition coefficient (Wildman–Crippen LogP) is 2.58. The van der Waals surface area contributed by atoms with Gasteiger partial charge in [-0.15, -0.1) is 0 Å². The largest absolute Gasteiger partial charge is 0.367 e. The van der Waals surface area contributed by atoms with Gasteiger partial charge in [0.25, 0.3) is 5.91 Å². The zero-order chi connectivity index (χ0) is 16.1. The molecule has 1 amide bonds. The number of hydrogen-bond acceptors (Lipinski definition) is 5. The van der Waals surface area contributed by atoms with Gasteiger partial charge in [-0.3, -0.25) is 4.79 Å². The number of hydrogen-bond donors (Lipinski definition) is 1. The first-order valence-electron chi connectivity index (χ1n) is 7.21. The Bertz CT molecular complexity index is 610. The molecule has 0 radical (unpaired) electrons. The molecular formula is C16H21N3O3. The molecule has 0 fully saturated rings.